The molecule has 6 heteroatoms. The molecule has 244 valence electrons. The monoisotopic (exact) mass is 668 g/mol. The summed E-state index contributed by atoms with van der Waals surface area (Å²) < 4.78 is 11.1. The molecule has 4 heterocycles. The van der Waals surface area contributed by atoms with E-state index in [-0.39, 0.29) is 0 Å². The van der Waals surface area contributed by atoms with Gasteiger partial charge < -0.3 is 8.83 Å². The van der Waals surface area contributed by atoms with Gasteiger partial charge in [-0.25, -0.2) is 9.97 Å². The van der Waals surface area contributed by atoms with Crippen molar-refractivity contribution in [2.75, 3.05) is 0 Å². The van der Waals surface area contributed by atoms with Gasteiger partial charge in [0.2, 0.25) is 0 Å². The molecule has 4 aromatic heterocycles. The minimum Gasteiger partial charge on any atom is -0.443 e. The lowest BCUT2D eigenvalue weighted by molar-refractivity contribution is 0.571. The molecule has 0 atom stereocenters. The summed E-state index contributed by atoms with van der Waals surface area (Å²) in [6.45, 7) is 0. The summed E-state index contributed by atoms with van der Waals surface area (Å²) in [7, 11) is 0. The largest absolute Gasteiger partial charge is 0.443 e. The van der Waals surface area contributed by atoms with E-state index in [0.29, 0.717) is 11.5 Å². The van der Waals surface area contributed by atoms with Gasteiger partial charge in [-0.3, -0.25) is 9.97 Å². The van der Waals surface area contributed by atoms with Crippen LogP contribution < -0.4 is 0 Å². The molecule has 0 fully saturated rings. The highest BCUT2D eigenvalue weighted by atomic mass is 16.3. The number of hydrogen-bond acceptors (Lipinski definition) is 6. The highest BCUT2D eigenvalue weighted by Gasteiger charge is 2.19. The van der Waals surface area contributed by atoms with Crippen LogP contribution in [0.1, 0.15) is 0 Å². The van der Waals surface area contributed by atoms with Crippen molar-refractivity contribution < 1.29 is 8.83 Å². The average molecular weight is 669 g/mol. The molecule has 0 bridgehead atoms. The van der Waals surface area contributed by atoms with Crippen LogP contribution in [0.25, 0.3) is 99.7 Å². The molecule has 0 aliphatic heterocycles. The summed E-state index contributed by atoms with van der Waals surface area (Å²) in [5.41, 5.74) is 10.3. The number of oxazole rings is 2. The summed E-state index contributed by atoms with van der Waals surface area (Å²) in [5, 5.41) is 6.85. The van der Waals surface area contributed by atoms with Gasteiger partial charge in [0.15, 0.2) is 24.3 Å². The van der Waals surface area contributed by atoms with E-state index in [4.69, 9.17) is 18.8 Å². The summed E-state index contributed by atoms with van der Waals surface area (Å²) >= 11 is 0. The fourth-order valence-corrected chi connectivity index (χ4v) is 7.32. The Labute approximate surface area is 298 Å². The first kappa shape index (κ1) is 29.7. The average Bonchev–Trinajstić information content (AvgIpc) is 3.96. The van der Waals surface area contributed by atoms with Crippen LogP contribution in [0.15, 0.2) is 180 Å². The second-order valence-corrected chi connectivity index (χ2v) is 12.8. The zero-order valence-electron chi connectivity index (χ0n) is 27.8. The van der Waals surface area contributed by atoms with Crippen LogP contribution in [0.5, 0.6) is 0 Å². The van der Waals surface area contributed by atoms with Crippen LogP contribution in [0, 0.1) is 0 Å². The van der Waals surface area contributed by atoms with Crippen LogP contribution in [0.2, 0.25) is 0 Å². The molecule has 0 aliphatic rings. The number of hydrogen-bond donors (Lipinski definition) is 0. The summed E-state index contributed by atoms with van der Waals surface area (Å²) in [5.74, 6) is 1.36. The molecule has 6 aromatic carbocycles. The quantitative estimate of drug-likeness (QED) is 0.164. The van der Waals surface area contributed by atoms with Crippen molar-refractivity contribution in [3.63, 3.8) is 0 Å². The summed E-state index contributed by atoms with van der Waals surface area (Å²) in [6.07, 6.45) is 9.97. The van der Waals surface area contributed by atoms with Crippen LogP contribution in [-0.4, -0.2) is 19.9 Å². The normalized spacial score (nSPS) is 11.5. The van der Waals surface area contributed by atoms with Crippen LogP contribution in [0.3, 0.4) is 0 Å². The van der Waals surface area contributed by atoms with E-state index >= 15 is 0 Å². The summed E-state index contributed by atoms with van der Waals surface area (Å²) in [4.78, 5) is 18.1. The Hall–Kier alpha value is -7.18. The minimum absolute atomic E-state index is 0.679. The molecule has 52 heavy (non-hydrogen) atoms. The standard InChI is InChI=1S/C46H28N4O2/c1-2-8-35-30(6-1)7-5-11-36(35)31-14-12-29(13-15-31)32-16-19-39-40(22-32)46(42-21-18-34(24-50-42)44-26-48-28-52-44)38-10-4-3-9-37(38)45(39)41-20-17-33(23-49-41)43-25-47-27-51-43/h1-28H. The SMILES string of the molecule is c1ccc2c(-c3ccc(-c4ccc5c(-c6ccc(-c7cnco7)cn6)c6ccccc6c(-c6ccc(-c7cnco7)cn6)c5c4)cc3)cccc2c1. The molecule has 10 aromatic rings. The number of pyridine rings is 2. The molecule has 10 rings (SSSR count). The molecule has 0 unspecified atom stereocenters. The Morgan fingerprint density at radius 1 is 0.365 bits per heavy atom. The molecule has 6 nitrogen and oxygen atoms in total. The van der Waals surface area contributed by atoms with Crippen molar-refractivity contribution in [2.24, 2.45) is 0 Å². The predicted molar refractivity (Wildman–Crippen MR) is 207 cm³/mol. The van der Waals surface area contributed by atoms with Crippen molar-refractivity contribution in [1.82, 2.24) is 19.9 Å². The number of benzene rings is 6. The first-order valence-electron chi connectivity index (χ1n) is 17.1. The van der Waals surface area contributed by atoms with Gasteiger partial charge in [0, 0.05) is 34.6 Å². The molecular weight excluding hydrogens is 641 g/mol. The van der Waals surface area contributed by atoms with Gasteiger partial charge in [-0.1, -0.05) is 103 Å². The molecule has 0 saturated carbocycles. The van der Waals surface area contributed by atoms with Crippen molar-refractivity contribution >= 4 is 32.3 Å². The molecular formula is C46H28N4O2. The van der Waals surface area contributed by atoms with Crippen LogP contribution in [0.4, 0.5) is 0 Å². The van der Waals surface area contributed by atoms with E-state index in [1.165, 1.54) is 34.7 Å². The predicted octanol–water partition coefficient (Wildman–Crippen LogP) is 11.9. The van der Waals surface area contributed by atoms with E-state index in [1.54, 1.807) is 12.4 Å². The lowest BCUT2D eigenvalue weighted by Gasteiger charge is -2.18. The van der Waals surface area contributed by atoms with Gasteiger partial charge in [0.05, 0.1) is 23.8 Å². The maximum absolute atomic E-state index is 5.56. The van der Waals surface area contributed by atoms with Gasteiger partial charge in [0.25, 0.3) is 0 Å². The van der Waals surface area contributed by atoms with Crippen molar-refractivity contribution in [2.45, 2.75) is 0 Å². The van der Waals surface area contributed by atoms with Gasteiger partial charge in [-0.15, -0.1) is 0 Å². The number of aromatic nitrogens is 4. The first-order valence-corrected chi connectivity index (χ1v) is 17.1. The maximum atomic E-state index is 5.56. The third-order valence-electron chi connectivity index (χ3n) is 9.82. The van der Waals surface area contributed by atoms with E-state index < -0.39 is 0 Å². The van der Waals surface area contributed by atoms with Gasteiger partial charge >= 0.3 is 0 Å². The van der Waals surface area contributed by atoms with Crippen molar-refractivity contribution in [1.29, 1.82) is 0 Å². The van der Waals surface area contributed by atoms with E-state index in [1.807, 2.05) is 24.5 Å². The number of nitrogens with zero attached hydrogens (tertiary/aromatic N) is 4. The Balaban J connectivity index is 1.16. The Kier molecular flexibility index (Phi) is 7.03. The lowest BCUT2D eigenvalue weighted by Crippen LogP contribution is -1.94. The van der Waals surface area contributed by atoms with Gasteiger partial charge in [0.1, 0.15) is 0 Å². The smallest absolute Gasteiger partial charge is 0.181 e. The summed E-state index contributed by atoms with van der Waals surface area (Å²) in [6, 6.07) is 47.3. The maximum Gasteiger partial charge on any atom is 0.181 e. The fourth-order valence-electron chi connectivity index (χ4n) is 7.32. The van der Waals surface area contributed by atoms with Gasteiger partial charge in [-0.05, 0) is 84.9 Å². The second kappa shape index (κ2) is 12.3. The van der Waals surface area contributed by atoms with Gasteiger partial charge in [-0.2, -0.15) is 0 Å². The molecule has 0 N–H and O–H groups in total. The van der Waals surface area contributed by atoms with E-state index in [2.05, 4.69) is 131 Å². The molecule has 0 saturated heterocycles. The highest BCUT2D eigenvalue weighted by molar-refractivity contribution is 6.21. The Bertz CT molecular complexity index is 2860. The molecule has 0 amide bonds. The van der Waals surface area contributed by atoms with Crippen molar-refractivity contribution in [3.8, 4) is 67.4 Å². The molecule has 0 aliphatic carbocycles. The number of rotatable bonds is 6. The first-order chi connectivity index (χ1) is 25.8. The van der Waals surface area contributed by atoms with E-state index in [0.717, 1.165) is 66.3 Å². The lowest BCUT2D eigenvalue weighted by atomic mass is 9.87. The topological polar surface area (TPSA) is 77.8 Å². The second-order valence-electron chi connectivity index (χ2n) is 12.8. The molecule has 0 radical (unpaired) electrons. The van der Waals surface area contributed by atoms with Crippen LogP contribution in [-0.2, 0) is 0 Å². The minimum atomic E-state index is 0.679. The van der Waals surface area contributed by atoms with Crippen LogP contribution >= 0.6 is 0 Å². The van der Waals surface area contributed by atoms with E-state index in [9.17, 15) is 0 Å². The van der Waals surface area contributed by atoms with Crippen molar-refractivity contribution in [3.05, 3.63) is 171 Å². The third kappa shape index (κ3) is 5.05. The highest BCUT2D eigenvalue weighted by Crippen LogP contribution is 2.44. The molecule has 0 spiro atoms. The Morgan fingerprint density at radius 3 is 1.48 bits per heavy atom. The third-order valence-corrected chi connectivity index (χ3v) is 9.82. The number of fused-ring (bicyclic) bond motifs is 3. The fraction of sp³-hybridized carbons (Fsp3) is 0. The zero-order valence-corrected chi connectivity index (χ0v) is 27.8. The Morgan fingerprint density at radius 2 is 0.885 bits per heavy atom. The zero-order chi connectivity index (χ0) is 34.4.